The van der Waals surface area contributed by atoms with Crippen LogP contribution < -0.4 is 6.15 Å². The first-order chi connectivity index (χ1) is 7.48. The summed E-state index contributed by atoms with van der Waals surface area (Å²) >= 11 is 0. The number of carbonyl (C=O) groups excluding carboxylic acids is 1. The van der Waals surface area contributed by atoms with Gasteiger partial charge in [-0.3, -0.25) is 0 Å². The molecule has 110 valence electrons. The van der Waals surface area contributed by atoms with Gasteiger partial charge in [-0.05, 0) is 0 Å². The van der Waals surface area contributed by atoms with E-state index in [-0.39, 0.29) is 6.15 Å². The highest BCUT2D eigenvalue weighted by atomic mass is 19.4. The number of methoxy groups -OCH3 is 1. The van der Waals surface area contributed by atoms with E-state index in [4.69, 9.17) is 0 Å². The highest BCUT2D eigenvalue weighted by molar-refractivity contribution is 5.79. The Bertz CT molecular complexity index is 279. The molecule has 0 aliphatic heterocycles. The molecule has 0 unspecified atom stereocenters. The van der Waals surface area contributed by atoms with Crippen LogP contribution in [0.25, 0.3) is 0 Å². The molecule has 0 aliphatic rings. The Hall–Kier alpha value is -1.10. The van der Waals surface area contributed by atoms with E-state index in [0.717, 1.165) is 7.11 Å². The quantitative estimate of drug-likeness (QED) is 0.478. The molecule has 0 aromatic carbocycles. The number of hydrogen-bond acceptors (Lipinski definition) is 4. The molecule has 0 aromatic heterocycles. The van der Waals surface area contributed by atoms with Gasteiger partial charge in [0.05, 0.1) is 6.61 Å². The fourth-order valence-corrected chi connectivity index (χ4v) is 0.615. The number of halogens is 7. The molecule has 0 saturated heterocycles. The monoisotopic (exact) mass is 289 g/mol. The topological polar surface area (TPSA) is 70.5 Å². The van der Waals surface area contributed by atoms with Gasteiger partial charge in [0.1, 0.15) is 6.61 Å². The molecule has 0 atom stereocenters. The molecule has 18 heavy (non-hydrogen) atoms. The van der Waals surface area contributed by atoms with E-state index in [2.05, 4.69) is 9.47 Å². The number of alkyl halides is 7. The maximum atomic E-state index is 12.5. The standard InChI is InChI=1S/C7H7F7O3.H3N/c1-16-2-3-17-4(15)5(8,9)6(10,11)7(12,13)14;/h2-3H2,1H3;1H3. The van der Waals surface area contributed by atoms with Gasteiger partial charge in [0, 0.05) is 7.11 Å². The van der Waals surface area contributed by atoms with Crippen molar-refractivity contribution in [1.29, 1.82) is 0 Å². The molecule has 0 rings (SSSR count). The summed E-state index contributed by atoms with van der Waals surface area (Å²) in [7, 11) is 1.08. The van der Waals surface area contributed by atoms with Crippen LogP contribution in [0.4, 0.5) is 30.7 Å². The average molecular weight is 289 g/mol. The van der Waals surface area contributed by atoms with Crippen LogP contribution in [0.1, 0.15) is 0 Å². The lowest BCUT2D eigenvalue weighted by atomic mass is 10.1. The molecule has 0 amide bonds. The predicted molar refractivity (Wildman–Crippen MR) is 43.8 cm³/mol. The first-order valence-electron chi connectivity index (χ1n) is 3.97. The van der Waals surface area contributed by atoms with Crippen molar-refractivity contribution < 1.29 is 45.0 Å². The Morgan fingerprint density at radius 1 is 1.00 bits per heavy atom. The summed E-state index contributed by atoms with van der Waals surface area (Å²) < 4.78 is 92.2. The Balaban J connectivity index is 0. The molecule has 4 nitrogen and oxygen atoms in total. The predicted octanol–water partition coefficient (Wildman–Crippen LogP) is 2.17. The molecule has 0 saturated carbocycles. The smallest absolute Gasteiger partial charge is 0.459 e. The minimum Gasteiger partial charge on any atom is -0.459 e. The zero-order chi connectivity index (χ0) is 13.9. The lowest BCUT2D eigenvalue weighted by Gasteiger charge is -2.26. The first-order valence-corrected chi connectivity index (χ1v) is 3.97. The van der Waals surface area contributed by atoms with Gasteiger partial charge in [0.2, 0.25) is 0 Å². The zero-order valence-electron chi connectivity index (χ0n) is 8.99. The van der Waals surface area contributed by atoms with Gasteiger partial charge in [-0.1, -0.05) is 0 Å². The summed E-state index contributed by atoms with van der Waals surface area (Å²) in [6.07, 6.45) is -6.56. The summed E-state index contributed by atoms with van der Waals surface area (Å²) in [6.45, 7) is -1.28. The number of ether oxygens (including phenoxy) is 2. The lowest BCUT2D eigenvalue weighted by molar-refractivity contribution is -0.348. The Morgan fingerprint density at radius 2 is 1.44 bits per heavy atom. The second-order valence-electron chi connectivity index (χ2n) is 2.78. The van der Waals surface area contributed by atoms with Crippen molar-refractivity contribution in [3.05, 3.63) is 0 Å². The van der Waals surface area contributed by atoms with Crippen LogP contribution in [0.5, 0.6) is 0 Å². The summed E-state index contributed by atoms with van der Waals surface area (Å²) in [4.78, 5) is 10.4. The van der Waals surface area contributed by atoms with E-state index in [9.17, 15) is 35.5 Å². The molecule has 0 spiro atoms. The third kappa shape index (κ3) is 3.70. The van der Waals surface area contributed by atoms with Crippen LogP contribution in [0.15, 0.2) is 0 Å². The number of hydrogen-bond donors (Lipinski definition) is 1. The van der Waals surface area contributed by atoms with Crippen molar-refractivity contribution in [3.8, 4) is 0 Å². The van der Waals surface area contributed by atoms with Crippen LogP contribution in [-0.4, -0.2) is 44.3 Å². The Morgan fingerprint density at radius 3 is 1.78 bits per heavy atom. The third-order valence-corrected chi connectivity index (χ3v) is 1.53. The summed E-state index contributed by atoms with van der Waals surface area (Å²) in [5, 5.41) is 0. The fraction of sp³-hybridized carbons (Fsp3) is 0.857. The summed E-state index contributed by atoms with van der Waals surface area (Å²) in [5.41, 5.74) is 0. The van der Waals surface area contributed by atoms with Gasteiger partial charge in [0.15, 0.2) is 0 Å². The van der Waals surface area contributed by atoms with E-state index >= 15 is 0 Å². The van der Waals surface area contributed by atoms with E-state index in [0.29, 0.717) is 0 Å². The van der Waals surface area contributed by atoms with Crippen molar-refractivity contribution in [2.24, 2.45) is 0 Å². The number of esters is 1. The molecule has 0 heterocycles. The van der Waals surface area contributed by atoms with Crippen LogP contribution in [-0.2, 0) is 14.3 Å². The molecule has 11 heteroatoms. The number of rotatable bonds is 5. The third-order valence-electron chi connectivity index (χ3n) is 1.53. The second kappa shape index (κ2) is 6.18. The molecular weight excluding hydrogens is 279 g/mol. The molecule has 3 N–H and O–H groups in total. The van der Waals surface area contributed by atoms with Gasteiger partial charge >= 0.3 is 24.0 Å². The largest absolute Gasteiger partial charge is 0.460 e. The molecule has 0 fully saturated rings. The second-order valence-corrected chi connectivity index (χ2v) is 2.78. The maximum absolute atomic E-state index is 12.5. The van der Waals surface area contributed by atoms with E-state index in [1.54, 1.807) is 0 Å². The van der Waals surface area contributed by atoms with E-state index in [1.165, 1.54) is 0 Å². The van der Waals surface area contributed by atoms with Gasteiger partial charge in [-0.25, -0.2) is 4.79 Å². The van der Waals surface area contributed by atoms with E-state index in [1.807, 2.05) is 0 Å². The van der Waals surface area contributed by atoms with Gasteiger partial charge < -0.3 is 15.6 Å². The van der Waals surface area contributed by atoms with Crippen molar-refractivity contribution in [1.82, 2.24) is 6.15 Å². The normalized spacial score (nSPS) is 12.9. The highest BCUT2D eigenvalue weighted by Crippen LogP contribution is 2.46. The van der Waals surface area contributed by atoms with Crippen LogP contribution in [0.3, 0.4) is 0 Å². The van der Waals surface area contributed by atoms with Gasteiger partial charge in [-0.15, -0.1) is 0 Å². The fourth-order valence-electron chi connectivity index (χ4n) is 0.615. The highest BCUT2D eigenvalue weighted by Gasteiger charge is 2.77. The lowest BCUT2D eigenvalue weighted by Crippen LogP contribution is -2.56. The maximum Gasteiger partial charge on any atom is 0.460 e. The zero-order valence-corrected chi connectivity index (χ0v) is 8.99. The number of carbonyl (C=O) groups is 1. The Labute approximate surface area is 96.6 Å². The van der Waals surface area contributed by atoms with Crippen LogP contribution in [0, 0.1) is 0 Å². The molecular formula is C7H10F7NO3. The van der Waals surface area contributed by atoms with Crippen molar-refractivity contribution in [2.45, 2.75) is 18.0 Å². The minimum absolute atomic E-state index is 0. The minimum atomic E-state index is -6.56. The van der Waals surface area contributed by atoms with Crippen LogP contribution >= 0.6 is 0 Å². The molecule has 0 aliphatic carbocycles. The van der Waals surface area contributed by atoms with Crippen LogP contribution in [0.2, 0.25) is 0 Å². The molecule has 0 bridgehead atoms. The van der Waals surface area contributed by atoms with Crippen molar-refractivity contribution in [2.75, 3.05) is 20.3 Å². The summed E-state index contributed by atoms with van der Waals surface area (Å²) in [6, 6.07) is 0. The first kappa shape index (κ1) is 19.2. The van der Waals surface area contributed by atoms with Crippen molar-refractivity contribution in [3.63, 3.8) is 0 Å². The molecule has 0 aromatic rings. The SMILES string of the molecule is COCCOC(=O)C(F)(F)C(F)(F)C(F)(F)F.N. The summed E-state index contributed by atoms with van der Waals surface area (Å²) in [5.74, 6) is -15.4. The van der Waals surface area contributed by atoms with Crippen molar-refractivity contribution >= 4 is 5.97 Å². The molecule has 0 radical (unpaired) electrons. The average Bonchev–Trinajstić information content (AvgIpc) is 2.15. The van der Waals surface area contributed by atoms with Gasteiger partial charge in [-0.2, -0.15) is 30.7 Å². The van der Waals surface area contributed by atoms with E-state index < -0.39 is 37.2 Å². The van der Waals surface area contributed by atoms with Gasteiger partial charge in [0.25, 0.3) is 0 Å². The Kier molecular flexibility index (Phi) is 6.61.